The van der Waals surface area contributed by atoms with E-state index in [0.717, 1.165) is 6.42 Å². The number of rotatable bonds is 4. The van der Waals surface area contributed by atoms with Gasteiger partial charge in [-0.1, -0.05) is 13.0 Å². The van der Waals surface area contributed by atoms with Gasteiger partial charge in [0.25, 0.3) is 5.69 Å². The molecular formula is C22H20N2O6. The van der Waals surface area contributed by atoms with E-state index in [9.17, 15) is 24.5 Å². The molecule has 1 heterocycles. The first-order valence-corrected chi connectivity index (χ1v) is 9.79. The van der Waals surface area contributed by atoms with E-state index in [1.54, 1.807) is 18.2 Å². The van der Waals surface area contributed by atoms with Crippen LogP contribution in [0.3, 0.4) is 0 Å². The highest BCUT2D eigenvalue weighted by atomic mass is 16.6. The number of nitro groups is 1. The van der Waals surface area contributed by atoms with E-state index in [1.165, 1.54) is 35.2 Å². The zero-order valence-electron chi connectivity index (χ0n) is 16.3. The van der Waals surface area contributed by atoms with Gasteiger partial charge < -0.3 is 4.74 Å². The van der Waals surface area contributed by atoms with Crippen LogP contribution in [0.15, 0.2) is 48.5 Å². The van der Waals surface area contributed by atoms with Crippen molar-refractivity contribution in [1.29, 1.82) is 0 Å². The minimum absolute atomic E-state index is 0.129. The Bertz CT molecular complexity index is 1030. The number of hydrogen-bond acceptors (Lipinski definition) is 6. The molecule has 30 heavy (non-hydrogen) atoms. The van der Waals surface area contributed by atoms with Crippen molar-refractivity contribution in [3.63, 3.8) is 0 Å². The Kier molecular flexibility index (Phi) is 5.07. The van der Waals surface area contributed by atoms with Crippen LogP contribution in [-0.2, 0) is 9.59 Å². The van der Waals surface area contributed by atoms with Gasteiger partial charge in [0, 0.05) is 18.2 Å². The highest BCUT2D eigenvalue weighted by Crippen LogP contribution is 2.42. The molecular weight excluding hydrogens is 388 g/mol. The van der Waals surface area contributed by atoms with Gasteiger partial charge in [-0.05, 0) is 49.4 Å². The van der Waals surface area contributed by atoms with Crippen molar-refractivity contribution in [2.45, 2.75) is 26.2 Å². The molecule has 0 radical (unpaired) electrons. The van der Waals surface area contributed by atoms with Crippen LogP contribution in [0.2, 0.25) is 0 Å². The SMILES string of the molecule is C[C@@H]1CC[C@@H]2C(=O)N(c3cccc(OC(=O)c4ccc([N+](=O)[O-])cc4)c3)C(=O)[C@H]2C1. The number of anilines is 1. The Morgan fingerprint density at radius 1 is 1.07 bits per heavy atom. The van der Waals surface area contributed by atoms with Crippen LogP contribution in [0.1, 0.15) is 36.5 Å². The number of carbonyl (C=O) groups is 3. The van der Waals surface area contributed by atoms with Gasteiger partial charge in [-0.25, -0.2) is 9.69 Å². The normalized spacial score (nSPS) is 23.2. The number of fused-ring (bicyclic) bond motifs is 1. The van der Waals surface area contributed by atoms with E-state index >= 15 is 0 Å². The number of imide groups is 1. The van der Waals surface area contributed by atoms with E-state index < -0.39 is 10.9 Å². The van der Waals surface area contributed by atoms with Gasteiger partial charge in [0.1, 0.15) is 5.75 Å². The fourth-order valence-corrected chi connectivity index (χ4v) is 4.22. The number of benzene rings is 2. The fraction of sp³-hybridized carbons (Fsp3) is 0.318. The molecule has 2 aliphatic rings. The molecule has 8 heteroatoms. The molecule has 0 spiro atoms. The van der Waals surface area contributed by atoms with E-state index in [1.807, 2.05) is 0 Å². The van der Waals surface area contributed by atoms with Gasteiger partial charge in [-0.2, -0.15) is 0 Å². The Balaban J connectivity index is 1.53. The van der Waals surface area contributed by atoms with Crippen molar-refractivity contribution in [2.75, 3.05) is 4.90 Å². The van der Waals surface area contributed by atoms with Crippen molar-refractivity contribution in [3.8, 4) is 5.75 Å². The van der Waals surface area contributed by atoms with Crippen LogP contribution in [0, 0.1) is 27.9 Å². The summed E-state index contributed by atoms with van der Waals surface area (Å²) in [4.78, 5) is 49.5. The molecule has 0 N–H and O–H groups in total. The number of ether oxygens (including phenoxy) is 1. The van der Waals surface area contributed by atoms with Crippen molar-refractivity contribution < 1.29 is 24.0 Å². The molecule has 2 fully saturated rings. The monoisotopic (exact) mass is 408 g/mol. The second kappa shape index (κ2) is 7.70. The minimum atomic E-state index is -0.691. The van der Waals surface area contributed by atoms with E-state index in [2.05, 4.69) is 6.92 Å². The molecule has 2 aromatic rings. The maximum Gasteiger partial charge on any atom is 0.343 e. The molecule has 1 saturated carbocycles. The van der Waals surface area contributed by atoms with Gasteiger partial charge in [0.2, 0.25) is 11.8 Å². The zero-order valence-corrected chi connectivity index (χ0v) is 16.3. The lowest BCUT2D eigenvalue weighted by molar-refractivity contribution is -0.384. The summed E-state index contributed by atoms with van der Waals surface area (Å²) in [6, 6.07) is 11.3. The number of nitro benzene ring substituents is 1. The molecule has 0 unspecified atom stereocenters. The lowest BCUT2D eigenvalue weighted by atomic mass is 9.76. The van der Waals surface area contributed by atoms with E-state index in [0.29, 0.717) is 24.4 Å². The summed E-state index contributed by atoms with van der Waals surface area (Å²) < 4.78 is 5.35. The summed E-state index contributed by atoms with van der Waals surface area (Å²) in [6.45, 7) is 2.09. The van der Waals surface area contributed by atoms with Crippen LogP contribution in [0.4, 0.5) is 11.4 Å². The standard InChI is InChI=1S/C22H20N2O6/c1-13-5-10-18-19(11-13)21(26)23(20(18)25)16-3-2-4-17(12-16)30-22(27)14-6-8-15(9-7-14)24(28)29/h2-4,6-9,12-13,18-19H,5,10-11H2,1H3/t13-,18+,19+/m1/s1. The fourth-order valence-electron chi connectivity index (χ4n) is 4.22. The molecule has 1 saturated heterocycles. The lowest BCUT2D eigenvalue weighted by Gasteiger charge is -2.25. The number of carbonyl (C=O) groups excluding carboxylic acids is 3. The molecule has 1 aliphatic heterocycles. The van der Waals surface area contributed by atoms with Crippen LogP contribution in [-0.4, -0.2) is 22.7 Å². The highest BCUT2D eigenvalue weighted by molar-refractivity contribution is 6.22. The Labute approximate surface area is 172 Å². The maximum atomic E-state index is 12.9. The smallest absolute Gasteiger partial charge is 0.343 e. The molecule has 0 aromatic heterocycles. The van der Waals surface area contributed by atoms with Crippen LogP contribution < -0.4 is 9.64 Å². The largest absolute Gasteiger partial charge is 0.423 e. The molecule has 2 aromatic carbocycles. The molecule has 0 bridgehead atoms. The van der Waals surface area contributed by atoms with Crippen molar-refractivity contribution in [3.05, 3.63) is 64.2 Å². The third-order valence-electron chi connectivity index (χ3n) is 5.79. The topological polar surface area (TPSA) is 107 Å². The first kappa shape index (κ1) is 19.8. The average molecular weight is 408 g/mol. The predicted molar refractivity (Wildman–Crippen MR) is 107 cm³/mol. The van der Waals surface area contributed by atoms with Gasteiger partial charge in [0.05, 0.1) is 28.0 Å². The summed E-state index contributed by atoms with van der Waals surface area (Å²) in [6.07, 6.45) is 2.35. The summed E-state index contributed by atoms with van der Waals surface area (Å²) in [5.41, 5.74) is 0.399. The summed E-state index contributed by atoms with van der Waals surface area (Å²) in [5.74, 6) is -1.06. The number of non-ortho nitro benzene ring substituents is 1. The molecule has 2 amide bonds. The molecule has 154 valence electrons. The van der Waals surface area contributed by atoms with Crippen molar-refractivity contribution in [1.82, 2.24) is 0 Å². The van der Waals surface area contributed by atoms with Crippen molar-refractivity contribution >= 4 is 29.2 Å². The number of esters is 1. The molecule has 4 rings (SSSR count). The van der Waals surface area contributed by atoms with Crippen LogP contribution >= 0.6 is 0 Å². The van der Waals surface area contributed by atoms with Gasteiger partial charge in [-0.15, -0.1) is 0 Å². The zero-order chi connectivity index (χ0) is 21.4. The molecule has 3 atom stereocenters. The predicted octanol–water partition coefficient (Wildman–Crippen LogP) is 3.74. The van der Waals surface area contributed by atoms with E-state index in [4.69, 9.17) is 4.74 Å². The summed E-state index contributed by atoms with van der Waals surface area (Å²) in [7, 11) is 0. The maximum absolute atomic E-state index is 12.9. The van der Waals surface area contributed by atoms with Crippen LogP contribution in [0.5, 0.6) is 5.75 Å². The molecule has 8 nitrogen and oxygen atoms in total. The first-order chi connectivity index (χ1) is 14.3. The van der Waals surface area contributed by atoms with Gasteiger partial charge in [-0.3, -0.25) is 19.7 Å². The first-order valence-electron chi connectivity index (χ1n) is 9.79. The second-order valence-corrected chi connectivity index (χ2v) is 7.83. The molecule has 1 aliphatic carbocycles. The van der Waals surface area contributed by atoms with E-state index in [-0.39, 0.29) is 40.7 Å². The average Bonchev–Trinajstić information content (AvgIpc) is 2.98. The Hall–Kier alpha value is -3.55. The third kappa shape index (κ3) is 3.56. The second-order valence-electron chi connectivity index (χ2n) is 7.83. The van der Waals surface area contributed by atoms with Gasteiger partial charge >= 0.3 is 5.97 Å². The number of amides is 2. The lowest BCUT2D eigenvalue weighted by Crippen LogP contribution is -2.30. The number of nitrogens with zero attached hydrogens (tertiary/aromatic N) is 2. The highest BCUT2D eigenvalue weighted by Gasteiger charge is 2.50. The Morgan fingerprint density at radius 3 is 2.47 bits per heavy atom. The number of hydrogen-bond donors (Lipinski definition) is 0. The van der Waals surface area contributed by atoms with Gasteiger partial charge in [0.15, 0.2) is 0 Å². The quantitative estimate of drug-likeness (QED) is 0.251. The minimum Gasteiger partial charge on any atom is -0.423 e. The third-order valence-corrected chi connectivity index (χ3v) is 5.79. The van der Waals surface area contributed by atoms with Crippen LogP contribution in [0.25, 0.3) is 0 Å². The van der Waals surface area contributed by atoms with Crippen molar-refractivity contribution in [2.24, 2.45) is 17.8 Å². The summed E-state index contributed by atoms with van der Waals surface area (Å²) >= 11 is 0. The Morgan fingerprint density at radius 2 is 1.77 bits per heavy atom. The summed E-state index contributed by atoms with van der Waals surface area (Å²) in [5, 5.41) is 10.7.